The molecule has 0 fully saturated rings. The topological polar surface area (TPSA) is 111 Å². The number of nitrogens with one attached hydrogen (secondary N) is 1. The highest BCUT2D eigenvalue weighted by atomic mass is 16.6. The highest BCUT2D eigenvalue weighted by Crippen LogP contribution is 2.26. The number of hydrogen-bond donors (Lipinski definition) is 1. The molecule has 164 valence electrons. The molecule has 3 aromatic carbocycles. The van der Waals surface area contributed by atoms with E-state index in [0.717, 1.165) is 11.1 Å². The number of fused-ring (bicyclic) bond motifs is 1. The standard InChI is InChI=1S/C25H19N3O5/c1-16-6-8-17(9-7-16)23-14-21(20-4-2-3-5-22(20)27-23)25(30)33-15-24(29)26-18-10-12-19(13-11-18)28(31)32/h2-14H,15H2,1H3,(H,26,29). The predicted molar refractivity (Wildman–Crippen MR) is 124 cm³/mol. The van der Waals surface area contributed by atoms with Gasteiger partial charge in [0.05, 0.1) is 21.7 Å². The summed E-state index contributed by atoms with van der Waals surface area (Å²) >= 11 is 0. The zero-order valence-corrected chi connectivity index (χ0v) is 17.6. The van der Waals surface area contributed by atoms with Crippen LogP contribution in [0.5, 0.6) is 0 Å². The largest absolute Gasteiger partial charge is 0.452 e. The number of carbonyl (C=O) groups is 2. The van der Waals surface area contributed by atoms with Gasteiger partial charge in [0, 0.05) is 28.8 Å². The lowest BCUT2D eigenvalue weighted by molar-refractivity contribution is -0.384. The number of amides is 1. The second-order valence-electron chi connectivity index (χ2n) is 7.37. The van der Waals surface area contributed by atoms with Crippen molar-refractivity contribution in [1.82, 2.24) is 4.98 Å². The van der Waals surface area contributed by atoms with E-state index >= 15 is 0 Å². The van der Waals surface area contributed by atoms with Crippen LogP contribution in [-0.2, 0) is 9.53 Å². The van der Waals surface area contributed by atoms with Crippen molar-refractivity contribution in [3.63, 3.8) is 0 Å². The Kier molecular flexibility index (Phi) is 6.08. The van der Waals surface area contributed by atoms with Crippen molar-refractivity contribution in [2.45, 2.75) is 6.92 Å². The van der Waals surface area contributed by atoms with E-state index < -0.39 is 23.4 Å². The lowest BCUT2D eigenvalue weighted by Gasteiger charge is -2.11. The SMILES string of the molecule is Cc1ccc(-c2cc(C(=O)OCC(=O)Nc3ccc([N+](=O)[O-])cc3)c3ccccc3n2)cc1. The van der Waals surface area contributed by atoms with Crippen LogP contribution in [0.15, 0.2) is 78.9 Å². The molecule has 1 heterocycles. The summed E-state index contributed by atoms with van der Waals surface area (Å²) in [5.41, 5.74) is 3.80. The number of ether oxygens (including phenoxy) is 1. The molecule has 0 bridgehead atoms. The van der Waals surface area contributed by atoms with Crippen molar-refractivity contribution in [2.24, 2.45) is 0 Å². The van der Waals surface area contributed by atoms with Gasteiger partial charge in [-0.1, -0.05) is 48.0 Å². The van der Waals surface area contributed by atoms with Gasteiger partial charge in [-0.05, 0) is 31.2 Å². The fourth-order valence-corrected chi connectivity index (χ4v) is 3.29. The first-order valence-corrected chi connectivity index (χ1v) is 10.1. The van der Waals surface area contributed by atoms with E-state index in [1.54, 1.807) is 18.2 Å². The van der Waals surface area contributed by atoms with Gasteiger partial charge in [-0.2, -0.15) is 0 Å². The highest BCUT2D eigenvalue weighted by molar-refractivity contribution is 6.05. The van der Waals surface area contributed by atoms with Crippen molar-refractivity contribution in [1.29, 1.82) is 0 Å². The molecule has 0 radical (unpaired) electrons. The fourth-order valence-electron chi connectivity index (χ4n) is 3.29. The van der Waals surface area contributed by atoms with Crippen LogP contribution in [0.2, 0.25) is 0 Å². The number of anilines is 1. The van der Waals surface area contributed by atoms with E-state index in [4.69, 9.17) is 4.74 Å². The number of para-hydroxylation sites is 1. The fraction of sp³-hybridized carbons (Fsp3) is 0.0800. The first-order chi connectivity index (χ1) is 15.9. The van der Waals surface area contributed by atoms with Crippen molar-refractivity contribution in [3.8, 4) is 11.3 Å². The van der Waals surface area contributed by atoms with E-state index in [0.29, 0.717) is 27.8 Å². The number of nitrogens with zero attached hydrogens (tertiary/aromatic N) is 2. The van der Waals surface area contributed by atoms with Gasteiger partial charge in [-0.25, -0.2) is 9.78 Å². The second-order valence-corrected chi connectivity index (χ2v) is 7.37. The molecular formula is C25H19N3O5. The molecule has 0 aliphatic heterocycles. The molecule has 0 saturated heterocycles. The summed E-state index contributed by atoms with van der Waals surface area (Å²) in [6.07, 6.45) is 0. The number of rotatable bonds is 6. The van der Waals surface area contributed by atoms with Gasteiger partial charge in [0.25, 0.3) is 11.6 Å². The van der Waals surface area contributed by atoms with Crippen molar-refractivity contribution in [3.05, 3.63) is 100 Å². The number of pyridine rings is 1. The Balaban J connectivity index is 1.51. The van der Waals surface area contributed by atoms with Crippen LogP contribution < -0.4 is 5.32 Å². The van der Waals surface area contributed by atoms with Crippen LogP contribution in [0.25, 0.3) is 22.2 Å². The average molecular weight is 441 g/mol. The molecule has 0 aliphatic carbocycles. The van der Waals surface area contributed by atoms with Crippen LogP contribution in [0, 0.1) is 17.0 Å². The van der Waals surface area contributed by atoms with Crippen LogP contribution in [0.3, 0.4) is 0 Å². The summed E-state index contributed by atoms with van der Waals surface area (Å²) in [5, 5.41) is 13.9. The third-order valence-corrected chi connectivity index (χ3v) is 4.98. The van der Waals surface area contributed by atoms with E-state index in [1.807, 2.05) is 43.3 Å². The molecule has 4 aromatic rings. The number of nitro benzene ring substituents is 1. The quantitative estimate of drug-likeness (QED) is 0.258. The summed E-state index contributed by atoms with van der Waals surface area (Å²) < 4.78 is 5.26. The third kappa shape index (κ3) is 5.01. The Labute approximate surface area is 189 Å². The lowest BCUT2D eigenvalue weighted by Crippen LogP contribution is -2.21. The van der Waals surface area contributed by atoms with Gasteiger partial charge in [0.1, 0.15) is 0 Å². The lowest BCUT2D eigenvalue weighted by atomic mass is 10.0. The van der Waals surface area contributed by atoms with Crippen LogP contribution in [0.1, 0.15) is 15.9 Å². The first kappa shape index (κ1) is 21.6. The zero-order chi connectivity index (χ0) is 23.4. The Morgan fingerprint density at radius 1 is 1.00 bits per heavy atom. The maximum atomic E-state index is 12.9. The van der Waals surface area contributed by atoms with Gasteiger partial charge in [0.15, 0.2) is 6.61 Å². The maximum Gasteiger partial charge on any atom is 0.339 e. The number of benzene rings is 3. The van der Waals surface area contributed by atoms with Crippen molar-refractivity contribution < 1.29 is 19.2 Å². The van der Waals surface area contributed by atoms with E-state index in [2.05, 4.69) is 10.3 Å². The number of carbonyl (C=O) groups excluding carboxylic acids is 2. The number of non-ortho nitro benzene ring substituents is 1. The summed E-state index contributed by atoms with van der Waals surface area (Å²) in [4.78, 5) is 39.9. The minimum Gasteiger partial charge on any atom is -0.452 e. The summed E-state index contributed by atoms with van der Waals surface area (Å²) in [7, 11) is 0. The number of aromatic nitrogens is 1. The molecule has 33 heavy (non-hydrogen) atoms. The van der Waals surface area contributed by atoms with Crippen LogP contribution in [0.4, 0.5) is 11.4 Å². The highest BCUT2D eigenvalue weighted by Gasteiger charge is 2.17. The number of nitro groups is 1. The van der Waals surface area contributed by atoms with Crippen molar-refractivity contribution in [2.75, 3.05) is 11.9 Å². The molecule has 1 N–H and O–H groups in total. The van der Waals surface area contributed by atoms with E-state index in [9.17, 15) is 19.7 Å². The molecule has 8 nitrogen and oxygen atoms in total. The smallest absolute Gasteiger partial charge is 0.339 e. The molecule has 8 heteroatoms. The maximum absolute atomic E-state index is 12.9. The molecule has 0 atom stereocenters. The molecule has 1 amide bonds. The summed E-state index contributed by atoms with van der Waals surface area (Å²) in [6, 6.07) is 22.0. The number of hydrogen-bond acceptors (Lipinski definition) is 6. The van der Waals surface area contributed by atoms with Crippen LogP contribution >= 0.6 is 0 Å². The second kappa shape index (κ2) is 9.27. The Bertz CT molecular complexity index is 1350. The van der Waals surface area contributed by atoms with Gasteiger partial charge >= 0.3 is 5.97 Å². The minimum absolute atomic E-state index is 0.0895. The number of esters is 1. The zero-order valence-electron chi connectivity index (χ0n) is 17.6. The van der Waals surface area contributed by atoms with Crippen LogP contribution in [-0.4, -0.2) is 28.4 Å². The van der Waals surface area contributed by atoms with Gasteiger partial charge in [-0.15, -0.1) is 0 Å². The van der Waals surface area contributed by atoms with Gasteiger partial charge < -0.3 is 10.1 Å². The Morgan fingerprint density at radius 3 is 2.39 bits per heavy atom. The normalized spacial score (nSPS) is 10.6. The predicted octanol–water partition coefficient (Wildman–Crippen LogP) is 4.91. The van der Waals surface area contributed by atoms with E-state index in [-0.39, 0.29) is 5.69 Å². The summed E-state index contributed by atoms with van der Waals surface area (Å²) in [5.74, 6) is -1.21. The molecule has 1 aromatic heterocycles. The molecule has 0 unspecified atom stereocenters. The molecule has 0 saturated carbocycles. The van der Waals surface area contributed by atoms with Crippen molar-refractivity contribution >= 4 is 34.2 Å². The first-order valence-electron chi connectivity index (χ1n) is 10.1. The molecule has 4 rings (SSSR count). The molecule has 0 aliphatic rings. The Morgan fingerprint density at radius 2 is 1.70 bits per heavy atom. The van der Waals surface area contributed by atoms with Gasteiger partial charge in [-0.3, -0.25) is 14.9 Å². The molecule has 0 spiro atoms. The third-order valence-electron chi connectivity index (χ3n) is 4.98. The number of aryl methyl sites for hydroxylation is 1. The Hall–Kier alpha value is -4.59. The monoisotopic (exact) mass is 441 g/mol. The van der Waals surface area contributed by atoms with Gasteiger partial charge in [0.2, 0.25) is 0 Å². The molecular weight excluding hydrogens is 422 g/mol. The van der Waals surface area contributed by atoms with E-state index in [1.165, 1.54) is 24.3 Å². The minimum atomic E-state index is -0.652. The summed E-state index contributed by atoms with van der Waals surface area (Å²) in [6.45, 7) is 1.48. The average Bonchev–Trinajstić information content (AvgIpc) is 2.82.